The maximum atomic E-state index is 5.63. The van der Waals surface area contributed by atoms with Gasteiger partial charge < -0.3 is 4.90 Å². The summed E-state index contributed by atoms with van der Waals surface area (Å²) in [6, 6.07) is 0.387. The van der Waals surface area contributed by atoms with E-state index >= 15 is 0 Å². The highest BCUT2D eigenvalue weighted by atomic mass is 15.3. The lowest BCUT2D eigenvalue weighted by atomic mass is 9.89. The number of hydrazine groups is 1. The van der Waals surface area contributed by atoms with Crippen molar-refractivity contribution in [1.82, 2.24) is 10.3 Å². The van der Waals surface area contributed by atoms with Crippen LogP contribution in [0.4, 0.5) is 0 Å². The summed E-state index contributed by atoms with van der Waals surface area (Å²) in [4.78, 5) is 2.24. The van der Waals surface area contributed by atoms with E-state index in [2.05, 4.69) is 38.3 Å². The minimum Gasteiger partial charge on any atom is -0.303 e. The maximum absolute atomic E-state index is 5.63. The largest absolute Gasteiger partial charge is 0.303 e. The zero-order valence-corrected chi connectivity index (χ0v) is 10.0. The number of hydrogen-bond donors (Lipinski definition) is 2. The van der Waals surface area contributed by atoms with Gasteiger partial charge in [0.2, 0.25) is 0 Å². The highest BCUT2D eigenvalue weighted by molar-refractivity contribution is 4.91. The van der Waals surface area contributed by atoms with Gasteiger partial charge in [-0.3, -0.25) is 11.3 Å². The molecule has 0 bridgehead atoms. The smallest absolute Gasteiger partial charge is 0.0389 e. The summed E-state index contributed by atoms with van der Waals surface area (Å²) < 4.78 is 0. The molecule has 0 spiro atoms. The Morgan fingerprint density at radius 3 is 2.36 bits per heavy atom. The molecule has 3 heteroatoms. The summed E-state index contributed by atoms with van der Waals surface area (Å²) in [6.45, 7) is 4.48. The molecule has 1 rings (SSSR count). The normalized spacial score (nSPS) is 20.1. The second-order valence-electron chi connectivity index (χ2n) is 5.29. The Bertz CT molecular complexity index is 173. The van der Waals surface area contributed by atoms with E-state index in [1.807, 2.05) is 0 Å². The first kappa shape index (κ1) is 12.0. The first-order valence-corrected chi connectivity index (χ1v) is 5.62. The van der Waals surface area contributed by atoms with Gasteiger partial charge in [-0.05, 0) is 46.7 Å². The van der Waals surface area contributed by atoms with Crippen LogP contribution in [0.15, 0.2) is 0 Å². The van der Waals surface area contributed by atoms with Gasteiger partial charge in [-0.2, -0.15) is 0 Å². The molecule has 0 amide bonds. The van der Waals surface area contributed by atoms with Gasteiger partial charge in [0.05, 0.1) is 0 Å². The molecule has 0 heterocycles. The molecule has 14 heavy (non-hydrogen) atoms. The van der Waals surface area contributed by atoms with Crippen molar-refractivity contribution in [2.45, 2.75) is 51.1 Å². The molecule has 0 aromatic rings. The van der Waals surface area contributed by atoms with Gasteiger partial charge >= 0.3 is 0 Å². The predicted molar refractivity (Wildman–Crippen MR) is 60.8 cm³/mol. The number of hydrogen-bond acceptors (Lipinski definition) is 3. The molecule has 1 fully saturated rings. The summed E-state index contributed by atoms with van der Waals surface area (Å²) in [5, 5.41) is 0. The van der Waals surface area contributed by atoms with E-state index in [0.29, 0.717) is 6.04 Å². The summed E-state index contributed by atoms with van der Waals surface area (Å²) in [6.07, 6.45) is 5.37. The molecule has 0 aliphatic heterocycles. The van der Waals surface area contributed by atoms with Gasteiger partial charge in [-0.1, -0.05) is 12.8 Å². The van der Waals surface area contributed by atoms with Gasteiger partial charge in [0.1, 0.15) is 0 Å². The second kappa shape index (κ2) is 4.60. The van der Waals surface area contributed by atoms with Crippen LogP contribution in [0.5, 0.6) is 0 Å². The van der Waals surface area contributed by atoms with Crippen LogP contribution < -0.4 is 11.3 Å². The minimum absolute atomic E-state index is 0.129. The fourth-order valence-electron chi connectivity index (χ4n) is 1.76. The highest BCUT2D eigenvalue weighted by Crippen LogP contribution is 2.35. The number of nitrogens with zero attached hydrogens (tertiary/aromatic N) is 1. The van der Waals surface area contributed by atoms with Crippen molar-refractivity contribution in [3.8, 4) is 0 Å². The molecule has 3 N–H and O–H groups in total. The Morgan fingerprint density at radius 2 is 2.00 bits per heavy atom. The summed E-state index contributed by atoms with van der Waals surface area (Å²) in [5.41, 5.74) is 3.09. The molecule has 3 nitrogen and oxygen atoms in total. The average Bonchev–Trinajstić information content (AvgIpc) is 2.88. The van der Waals surface area contributed by atoms with Crippen LogP contribution in [0, 0.1) is 5.92 Å². The van der Waals surface area contributed by atoms with Gasteiger partial charge in [-0.25, -0.2) is 0 Å². The van der Waals surface area contributed by atoms with Gasteiger partial charge in [0, 0.05) is 11.6 Å². The van der Waals surface area contributed by atoms with Crippen molar-refractivity contribution in [2.75, 3.05) is 14.1 Å². The van der Waals surface area contributed by atoms with Crippen LogP contribution in [-0.4, -0.2) is 30.6 Å². The third-order valence-corrected chi connectivity index (χ3v) is 3.77. The summed E-state index contributed by atoms with van der Waals surface area (Å²) in [5.74, 6) is 6.62. The van der Waals surface area contributed by atoms with Crippen molar-refractivity contribution in [3.05, 3.63) is 0 Å². The zero-order chi connectivity index (χ0) is 10.8. The Labute approximate surface area is 88.0 Å². The lowest BCUT2D eigenvalue weighted by Gasteiger charge is -2.40. The Balaban J connectivity index is 2.41. The van der Waals surface area contributed by atoms with E-state index < -0.39 is 0 Å². The molecular formula is C11H25N3. The van der Waals surface area contributed by atoms with E-state index in [4.69, 9.17) is 5.84 Å². The topological polar surface area (TPSA) is 41.3 Å². The monoisotopic (exact) mass is 199 g/mol. The van der Waals surface area contributed by atoms with E-state index in [1.165, 1.54) is 25.7 Å². The summed E-state index contributed by atoms with van der Waals surface area (Å²) >= 11 is 0. The molecule has 84 valence electrons. The van der Waals surface area contributed by atoms with Crippen molar-refractivity contribution < 1.29 is 0 Å². The summed E-state index contributed by atoms with van der Waals surface area (Å²) in [7, 11) is 4.23. The zero-order valence-electron chi connectivity index (χ0n) is 10.0. The van der Waals surface area contributed by atoms with E-state index in [1.54, 1.807) is 0 Å². The third-order valence-electron chi connectivity index (χ3n) is 3.77. The van der Waals surface area contributed by atoms with Crippen LogP contribution >= 0.6 is 0 Å². The van der Waals surface area contributed by atoms with Crippen molar-refractivity contribution in [3.63, 3.8) is 0 Å². The predicted octanol–water partition coefficient (Wildman–Crippen LogP) is 1.35. The Kier molecular flexibility index (Phi) is 3.93. The van der Waals surface area contributed by atoms with Crippen LogP contribution in [0.2, 0.25) is 0 Å². The van der Waals surface area contributed by atoms with Crippen molar-refractivity contribution in [2.24, 2.45) is 11.8 Å². The van der Waals surface area contributed by atoms with Crippen LogP contribution in [0.3, 0.4) is 0 Å². The number of likely N-dealkylation sites (N-methyl/N-ethyl adjacent to an activating group) is 1. The Morgan fingerprint density at radius 1 is 1.43 bits per heavy atom. The van der Waals surface area contributed by atoms with Gasteiger partial charge in [0.25, 0.3) is 0 Å². The van der Waals surface area contributed by atoms with Crippen molar-refractivity contribution >= 4 is 0 Å². The van der Waals surface area contributed by atoms with E-state index in [0.717, 1.165) is 5.92 Å². The molecule has 0 aromatic carbocycles. The molecule has 1 saturated carbocycles. The number of rotatable bonds is 6. The van der Waals surface area contributed by atoms with Gasteiger partial charge in [-0.15, -0.1) is 0 Å². The molecule has 1 unspecified atom stereocenters. The lowest BCUT2D eigenvalue weighted by molar-refractivity contribution is 0.130. The van der Waals surface area contributed by atoms with E-state index in [-0.39, 0.29) is 5.54 Å². The van der Waals surface area contributed by atoms with Crippen LogP contribution in [0.1, 0.15) is 39.5 Å². The molecule has 0 aromatic heterocycles. The fraction of sp³-hybridized carbons (Fsp3) is 1.00. The molecule has 1 atom stereocenters. The second-order valence-corrected chi connectivity index (χ2v) is 5.29. The van der Waals surface area contributed by atoms with Crippen LogP contribution in [-0.2, 0) is 0 Å². The standard InChI is InChI=1S/C11H25N3/c1-11(2,14(3)4)10(13-12)8-7-9-5-6-9/h9-10,13H,5-8,12H2,1-4H3. The molecule has 0 saturated heterocycles. The number of nitrogens with one attached hydrogen (secondary N) is 1. The quantitative estimate of drug-likeness (QED) is 0.501. The molecule has 0 radical (unpaired) electrons. The SMILES string of the molecule is CN(C)C(C)(C)C(CCC1CC1)NN. The lowest BCUT2D eigenvalue weighted by Crippen LogP contribution is -2.57. The number of nitrogens with two attached hydrogens (primary N) is 1. The molecular weight excluding hydrogens is 174 g/mol. The first-order valence-electron chi connectivity index (χ1n) is 5.62. The van der Waals surface area contributed by atoms with Gasteiger partial charge in [0.15, 0.2) is 0 Å². The minimum atomic E-state index is 0.129. The van der Waals surface area contributed by atoms with Crippen LogP contribution in [0.25, 0.3) is 0 Å². The molecule has 1 aliphatic carbocycles. The highest BCUT2D eigenvalue weighted by Gasteiger charge is 2.32. The molecule has 1 aliphatic rings. The average molecular weight is 199 g/mol. The fourth-order valence-corrected chi connectivity index (χ4v) is 1.76. The maximum Gasteiger partial charge on any atom is 0.0389 e. The Hall–Kier alpha value is -0.120. The van der Waals surface area contributed by atoms with E-state index in [9.17, 15) is 0 Å². The third kappa shape index (κ3) is 2.94. The van der Waals surface area contributed by atoms with Crippen molar-refractivity contribution in [1.29, 1.82) is 0 Å². The first-order chi connectivity index (χ1) is 6.48.